The number of hydrogen-bond donors (Lipinski definition) is 0. The number of hydrogen-bond acceptors (Lipinski definition) is 5. The molecule has 2 aliphatic rings. The van der Waals surface area contributed by atoms with Crippen molar-refractivity contribution in [3.05, 3.63) is 52.8 Å². The van der Waals surface area contributed by atoms with Crippen LogP contribution in [0.25, 0.3) is 5.52 Å². The maximum Gasteiger partial charge on any atom is 0.266 e. The standard InChI is InChI=1S/C17H18N6O/c24-16-4-3-14(13-1-2-13)20-23(16)11-12-9-21(10-12)17-15-5-6-19-22(15)8-7-18-17/h3-8,12-13H,1-2,9-11H2. The molecule has 0 amide bonds. The summed E-state index contributed by atoms with van der Waals surface area (Å²) in [5.41, 5.74) is 2.08. The summed E-state index contributed by atoms with van der Waals surface area (Å²) in [6, 6.07) is 5.51. The zero-order valence-corrected chi connectivity index (χ0v) is 13.2. The maximum absolute atomic E-state index is 12.0. The molecule has 0 spiro atoms. The lowest BCUT2D eigenvalue weighted by Gasteiger charge is -2.40. The highest BCUT2D eigenvalue weighted by Gasteiger charge is 2.31. The Hall–Kier alpha value is -2.70. The van der Waals surface area contributed by atoms with Crippen LogP contribution in [0.3, 0.4) is 0 Å². The summed E-state index contributed by atoms with van der Waals surface area (Å²) in [4.78, 5) is 18.8. The van der Waals surface area contributed by atoms with Gasteiger partial charge in [0.25, 0.3) is 5.56 Å². The molecule has 1 aliphatic heterocycles. The average Bonchev–Trinajstić information content (AvgIpc) is 3.29. The third-order valence-electron chi connectivity index (χ3n) is 4.87. The van der Waals surface area contributed by atoms with Crippen LogP contribution in [0.5, 0.6) is 0 Å². The lowest BCUT2D eigenvalue weighted by Crippen LogP contribution is -2.50. The average molecular weight is 322 g/mol. The molecule has 24 heavy (non-hydrogen) atoms. The Labute approximate surface area is 138 Å². The minimum absolute atomic E-state index is 0.00568. The summed E-state index contributed by atoms with van der Waals surface area (Å²) < 4.78 is 3.48. The molecule has 1 saturated heterocycles. The Morgan fingerprint density at radius 3 is 2.83 bits per heavy atom. The van der Waals surface area contributed by atoms with Gasteiger partial charge in [0.15, 0.2) is 5.82 Å². The van der Waals surface area contributed by atoms with E-state index in [0.29, 0.717) is 18.4 Å². The van der Waals surface area contributed by atoms with E-state index in [1.807, 2.05) is 22.8 Å². The molecule has 7 nitrogen and oxygen atoms in total. The van der Waals surface area contributed by atoms with E-state index in [0.717, 1.165) is 30.1 Å². The second-order valence-corrected chi connectivity index (χ2v) is 6.74. The molecule has 7 heteroatoms. The number of nitrogens with zero attached hydrogens (tertiary/aromatic N) is 6. The fourth-order valence-corrected chi connectivity index (χ4v) is 3.38. The van der Waals surface area contributed by atoms with Gasteiger partial charge in [-0.05, 0) is 25.0 Å². The third kappa shape index (κ3) is 2.28. The van der Waals surface area contributed by atoms with Crippen molar-refractivity contribution in [2.24, 2.45) is 5.92 Å². The van der Waals surface area contributed by atoms with Crippen molar-refractivity contribution in [3.8, 4) is 0 Å². The fourth-order valence-electron chi connectivity index (χ4n) is 3.38. The van der Waals surface area contributed by atoms with Crippen molar-refractivity contribution in [1.82, 2.24) is 24.4 Å². The first-order chi connectivity index (χ1) is 11.8. The zero-order chi connectivity index (χ0) is 16.1. The Morgan fingerprint density at radius 1 is 1.12 bits per heavy atom. The zero-order valence-electron chi connectivity index (χ0n) is 13.2. The molecule has 0 radical (unpaired) electrons. The van der Waals surface area contributed by atoms with E-state index in [2.05, 4.69) is 20.1 Å². The molecule has 2 fully saturated rings. The molecule has 0 N–H and O–H groups in total. The molecule has 0 unspecified atom stereocenters. The lowest BCUT2D eigenvalue weighted by atomic mass is 10.00. The molecule has 3 aromatic heterocycles. The van der Waals surface area contributed by atoms with Gasteiger partial charge >= 0.3 is 0 Å². The van der Waals surface area contributed by atoms with Gasteiger partial charge < -0.3 is 4.90 Å². The number of fused-ring (bicyclic) bond motifs is 1. The van der Waals surface area contributed by atoms with Gasteiger partial charge in [0, 0.05) is 43.4 Å². The van der Waals surface area contributed by atoms with Crippen LogP contribution in [0, 0.1) is 5.92 Å². The monoisotopic (exact) mass is 322 g/mol. The predicted octanol–water partition coefficient (Wildman–Crippen LogP) is 1.30. The summed E-state index contributed by atoms with van der Waals surface area (Å²) >= 11 is 0. The van der Waals surface area contributed by atoms with E-state index in [1.165, 1.54) is 12.8 Å². The highest BCUT2D eigenvalue weighted by Crippen LogP contribution is 2.38. The van der Waals surface area contributed by atoms with Gasteiger partial charge in [0.05, 0.1) is 18.4 Å². The number of aromatic nitrogens is 5. The Kier molecular flexibility index (Phi) is 2.95. The van der Waals surface area contributed by atoms with Crippen LogP contribution in [-0.2, 0) is 6.54 Å². The van der Waals surface area contributed by atoms with Gasteiger partial charge in [-0.2, -0.15) is 10.2 Å². The predicted molar refractivity (Wildman–Crippen MR) is 89.2 cm³/mol. The van der Waals surface area contributed by atoms with Crippen molar-refractivity contribution >= 4 is 11.3 Å². The maximum atomic E-state index is 12.0. The molecular weight excluding hydrogens is 304 g/mol. The van der Waals surface area contributed by atoms with Crippen molar-refractivity contribution in [1.29, 1.82) is 0 Å². The summed E-state index contributed by atoms with van der Waals surface area (Å²) in [6.07, 6.45) is 7.80. The summed E-state index contributed by atoms with van der Waals surface area (Å²) in [7, 11) is 0. The van der Waals surface area contributed by atoms with Crippen molar-refractivity contribution < 1.29 is 0 Å². The van der Waals surface area contributed by atoms with Crippen LogP contribution in [-0.4, -0.2) is 37.5 Å². The van der Waals surface area contributed by atoms with Gasteiger partial charge in [-0.3, -0.25) is 4.79 Å². The Morgan fingerprint density at radius 2 is 2.00 bits per heavy atom. The van der Waals surface area contributed by atoms with E-state index in [1.54, 1.807) is 23.1 Å². The van der Waals surface area contributed by atoms with Crippen molar-refractivity contribution in [2.75, 3.05) is 18.0 Å². The van der Waals surface area contributed by atoms with Crippen LogP contribution in [0.1, 0.15) is 24.5 Å². The van der Waals surface area contributed by atoms with E-state index >= 15 is 0 Å². The normalized spacial score (nSPS) is 18.1. The van der Waals surface area contributed by atoms with E-state index in [4.69, 9.17) is 0 Å². The van der Waals surface area contributed by atoms with Crippen molar-refractivity contribution in [3.63, 3.8) is 0 Å². The first-order valence-corrected chi connectivity index (χ1v) is 8.39. The molecule has 0 aromatic carbocycles. The molecule has 3 aromatic rings. The molecule has 0 bridgehead atoms. The van der Waals surface area contributed by atoms with Gasteiger partial charge in [0.1, 0.15) is 5.52 Å². The number of rotatable bonds is 4. The van der Waals surface area contributed by atoms with Gasteiger partial charge in [0.2, 0.25) is 0 Å². The van der Waals surface area contributed by atoms with Gasteiger partial charge in [-0.1, -0.05) is 0 Å². The quantitative estimate of drug-likeness (QED) is 0.724. The third-order valence-corrected chi connectivity index (χ3v) is 4.87. The number of anilines is 1. The molecular formula is C17H18N6O. The first kappa shape index (κ1) is 13.7. The van der Waals surface area contributed by atoms with E-state index in [9.17, 15) is 4.79 Å². The SMILES string of the molecule is O=c1ccc(C2CC2)nn1CC1CN(c2nccn3nccc23)C1. The van der Waals surface area contributed by atoms with Gasteiger partial charge in [-0.25, -0.2) is 14.2 Å². The minimum Gasteiger partial charge on any atom is -0.354 e. The highest BCUT2D eigenvalue weighted by molar-refractivity contribution is 5.69. The molecule has 1 aliphatic carbocycles. The Bertz CT molecular complexity index is 951. The van der Waals surface area contributed by atoms with Crippen LogP contribution in [0.15, 0.2) is 41.6 Å². The highest BCUT2D eigenvalue weighted by atomic mass is 16.1. The molecule has 122 valence electrons. The molecule has 4 heterocycles. The summed E-state index contributed by atoms with van der Waals surface area (Å²) in [5, 5.41) is 8.80. The largest absolute Gasteiger partial charge is 0.354 e. The van der Waals surface area contributed by atoms with Crippen LogP contribution in [0.2, 0.25) is 0 Å². The lowest BCUT2D eigenvalue weighted by molar-refractivity contribution is 0.331. The second kappa shape index (κ2) is 5.15. The molecule has 5 rings (SSSR count). The van der Waals surface area contributed by atoms with Crippen LogP contribution in [0.4, 0.5) is 5.82 Å². The molecule has 1 saturated carbocycles. The van der Waals surface area contributed by atoms with E-state index in [-0.39, 0.29) is 5.56 Å². The van der Waals surface area contributed by atoms with Crippen molar-refractivity contribution in [2.45, 2.75) is 25.3 Å². The van der Waals surface area contributed by atoms with Gasteiger partial charge in [-0.15, -0.1) is 0 Å². The van der Waals surface area contributed by atoms with E-state index < -0.39 is 0 Å². The smallest absolute Gasteiger partial charge is 0.266 e. The summed E-state index contributed by atoms with van der Waals surface area (Å²) in [5.74, 6) is 1.95. The fraction of sp³-hybridized carbons (Fsp3) is 0.412. The van der Waals surface area contributed by atoms with Crippen LogP contribution >= 0.6 is 0 Å². The summed E-state index contributed by atoms with van der Waals surface area (Å²) in [6.45, 7) is 2.46. The minimum atomic E-state index is -0.00568. The second-order valence-electron chi connectivity index (χ2n) is 6.74. The molecule has 0 atom stereocenters. The van der Waals surface area contributed by atoms with Crippen LogP contribution < -0.4 is 10.5 Å². The first-order valence-electron chi connectivity index (χ1n) is 8.39. The topological polar surface area (TPSA) is 68.3 Å². The Balaban J connectivity index is 1.31.